The van der Waals surface area contributed by atoms with Crippen LogP contribution >= 0.6 is 11.3 Å². The van der Waals surface area contributed by atoms with Gasteiger partial charge in [0.1, 0.15) is 11.9 Å². The van der Waals surface area contributed by atoms with E-state index >= 15 is 0 Å². The molecule has 2 aromatic heterocycles. The third kappa shape index (κ3) is 3.85. The maximum Gasteiger partial charge on any atom is 0.268 e. The number of carbonyl (C=O) groups excluding carboxylic acids is 1. The molecule has 0 saturated carbocycles. The normalized spacial score (nSPS) is 15.0. The number of rotatable bonds is 4. The lowest BCUT2D eigenvalue weighted by Gasteiger charge is -2.24. The molecule has 1 amide bonds. The molecule has 2 aromatic carbocycles. The molecule has 0 spiro atoms. The number of benzene rings is 2. The fourth-order valence-corrected chi connectivity index (χ4v) is 4.03. The van der Waals surface area contributed by atoms with E-state index in [9.17, 15) is 9.18 Å². The second kappa shape index (κ2) is 7.81. The predicted molar refractivity (Wildman–Crippen MR) is 120 cm³/mol. The Bertz CT molecular complexity index is 1260. The van der Waals surface area contributed by atoms with Gasteiger partial charge in [-0.1, -0.05) is 48.0 Å². The smallest absolute Gasteiger partial charge is 0.268 e. The van der Waals surface area contributed by atoms with Crippen molar-refractivity contribution in [2.24, 2.45) is 0 Å². The molecule has 0 unspecified atom stereocenters. The van der Waals surface area contributed by atoms with Gasteiger partial charge in [0.05, 0.1) is 4.88 Å². The van der Waals surface area contributed by atoms with Crippen LogP contribution in [0.5, 0.6) is 0 Å². The van der Waals surface area contributed by atoms with E-state index in [0.717, 1.165) is 22.4 Å². The number of aryl methyl sites for hydroxylation is 1. The molecule has 6 nitrogen and oxygen atoms in total. The lowest BCUT2D eigenvalue weighted by Crippen LogP contribution is -2.20. The summed E-state index contributed by atoms with van der Waals surface area (Å²) in [6.07, 6.45) is 2.02. The van der Waals surface area contributed by atoms with Crippen LogP contribution in [0.3, 0.4) is 0 Å². The largest absolute Gasteiger partial charge is 0.324 e. The highest BCUT2D eigenvalue weighted by atomic mass is 32.1. The maximum atomic E-state index is 13.5. The van der Waals surface area contributed by atoms with Crippen LogP contribution in [-0.4, -0.2) is 20.7 Å². The number of fused-ring (bicyclic) bond motifs is 1. The standard InChI is InChI=1S/C23H18FN5OS/c1-14-4-6-15(7-5-14)18-13-19(16-8-10-17(24)11-9-16)29-23(25-18)27-22(28-29)26-21(30)20-3-2-12-31-20/h2-13,19H,1H3,(H2,25,26,27,28,30)/t19-/m0/s1. The number of aromatic nitrogens is 3. The summed E-state index contributed by atoms with van der Waals surface area (Å²) in [4.78, 5) is 17.5. The van der Waals surface area contributed by atoms with Crippen LogP contribution in [0.1, 0.15) is 32.4 Å². The highest BCUT2D eigenvalue weighted by Crippen LogP contribution is 2.33. The number of nitrogens with zero attached hydrogens (tertiary/aromatic N) is 3. The summed E-state index contributed by atoms with van der Waals surface area (Å²) in [7, 11) is 0. The van der Waals surface area contributed by atoms with Gasteiger partial charge < -0.3 is 5.32 Å². The van der Waals surface area contributed by atoms with Crippen LogP contribution < -0.4 is 10.6 Å². The van der Waals surface area contributed by atoms with Gasteiger partial charge in [-0.05, 0) is 47.7 Å². The molecule has 1 aliphatic heterocycles. The van der Waals surface area contributed by atoms with Gasteiger partial charge in [0.2, 0.25) is 5.95 Å². The van der Waals surface area contributed by atoms with Crippen molar-refractivity contribution in [2.45, 2.75) is 13.0 Å². The second-order valence-corrected chi connectivity index (χ2v) is 8.15. The first-order valence-corrected chi connectivity index (χ1v) is 10.6. The number of carbonyl (C=O) groups is 1. The molecule has 8 heteroatoms. The second-order valence-electron chi connectivity index (χ2n) is 7.20. The van der Waals surface area contributed by atoms with Crippen LogP contribution in [0.25, 0.3) is 5.70 Å². The van der Waals surface area contributed by atoms with Crippen LogP contribution in [0.4, 0.5) is 16.3 Å². The van der Waals surface area contributed by atoms with Gasteiger partial charge in [0, 0.05) is 5.70 Å². The third-order valence-corrected chi connectivity index (χ3v) is 5.88. The van der Waals surface area contributed by atoms with E-state index in [1.165, 1.54) is 23.5 Å². The molecular formula is C23H18FN5OS. The summed E-state index contributed by atoms with van der Waals surface area (Å²) in [6, 6.07) is 17.7. The highest BCUT2D eigenvalue weighted by molar-refractivity contribution is 7.12. The molecule has 154 valence electrons. The van der Waals surface area contributed by atoms with Gasteiger partial charge in [-0.15, -0.1) is 16.4 Å². The van der Waals surface area contributed by atoms with Crippen molar-refractivity contribution in [3.8, 4) is 0 Å². The molecule has 1 aliphatic rings. The number of thiophene rings is 1. The molecule has 4 aromatic rings. The molecular weight excluding hydrogens is 413 g/mol. The average molecular weight is 431 g/mol. The van der Waals surface area contributed by atoms with Crippen molar-refractivity contribution in [3.63, 3.8) is 0 Å². The third-order valence-electron chi connectivity index (χ3n) is 5.01. The summed E-state index contributed by atoms with van der Waals surface area (Å²) >= 11 is 1.35. The van der Waals surface area contributed by atoms with Crippen molar-refractivity contribution in [1.29, 1.82) is 0 Å². The minimum Gasteiger partial charge on any atom is -0.324 e. The van der Waals surface area contributed by atoms with Gasteiger partial charge in [-0.3, -0.25) is 10.1 Å². The van der Waals surface area contributed by atoms with Crippen molar-refractivity contribution in [1.82, 2.24) is 14.8 Å². The molecule has 0 radical (unpaired) electrons. The van der Waals surface area contributed by atoms with Crippen molar-refractivity contribution in [3.05, 3.63) is 99.5 Å². The van der Waals surface area contributed by atoms with Gasteiger partial charge in [-0.2, -0.15) is 4.98 Å². The lowest BCUT2D eigenvalue weighted by atomic mass is 10.0. The summed E-state index contributed by atoms with van der Waals surface area (Å²) in [6.45, 7) is 2.03. The van der Waals surface area contributed by atoms with E-state index in [1.54, 1.807) is 22.9 Å². The Kier molecular flexibility index (Phi) is 4.83. The fourth-order valence-electron chi connectivity index (χ4n) is 3.42. The first kappa shape index (κ1) is 19.2. The SMILES string of the molecule is Cc1ccc(C2=C[C@@H](c3ccc(F)cc3)n3nc(NC(=O)c4cccs4)nc3N2)cc1. The van der Waals surface area contributed by atoms with Crippen LogP contribution in [-0.2, 0) is 0 Å². The molecule has 0 fully saturated rings. The summed E-state index contributed by atoms with van der Waals surface area (Å²) < 4.78 is 15.2. The Morgan fingerprint density at radius 3 is 2.61 bits per heavy atom. The van der Waals surface area contributed by atoms with Crippen molar-refractivity contribution in [2.75, 3.05) is 10.6 Å². The quantitative estimate of drug-likeness (QED) is 0.472. The topological polar surface area (TPSA) is 71.8 Å². The number of amides is 1. The monoisotopic (exact) mass is 431 g/mol. The zero-order valence-corrected chi connectivity index (χ0v) is 17.4. The van der Waals surface area contributed by atoms with Crippen LogP contribution in [0.2, 0.25) is 0 Å². The number of hydrogen-bond donors (Lipinski definition) is 2. The maximum absolute atomic E-state index is 13.5. The first-order chi connectivity index (χ1) is 15.1. The molecule has 31 heavy (non-hydrogen) atoms. The molecule has 1 atom stereocenters. The van der Waals surface area contributed by atoms with Gasteiger partial charge >= 0.3 is 0 Å². The molecule has 5 rings (SSSR count). The summed E-state index contributed by atoms with van der Waals surface area (Å²) in [5.74, 6) is 0.131. The van der Waals surface area contributed by atoms with Gasteiger partial charge in [0.25, 0.3) is 11.9 Å². The van der Waals surface area contributed by atoms with Crippen molar-refractivity contribution >= 4 is 34.8 Å². The van der Waals surface area contributed by atoms with Gasteiger partial charge in [0.15, 0.2) is 0 Å². The Morgan fingerprint density at radius 2 is 1.90 bits per heavy atom. The minimum absolute atomic E-state index is 0.201. The Morgan fingerprint density at radius 1 is 1.13 bits per heavy atom. The van der Waals surface area contributed by atoms with Gasteiger partial charge in [-0.25, -0.2) is 9.07 Å². The molecule has 3 heterocycles. The van der Waals surface area contributed by atoms with E-state index in [1.807, 2.05) is 48.7 Å². The van der Waals surface area contributed by atoms with E-state index in [0.29, 0.717) is 10.8 Å². The molecule has 0 bridgehead atoms. The summed E-state index contributed by atoms with van der Waals surface area (Å²) in [5.41, 5.74) is 3.88. The Labute approximate surface area is 182 Å². The Balaban J connectivity index is 1.53. The molecule has 2 N–H and O–H groups in total. The van der Waals surface area contributed by atoms with Crippen LogP contribution in [0.15, 0.2) is 72.1 Å². The molecule has 0 aliphatic carbocycles. The van der Waals surface area contributed by atoms with Crippen LogP contribution in [0, 0.1) is 12.7 Å². The number of anilines is 2. The molecule has 0 saturated heterocycles. The highest BCUT2D eigenvalue weighted by Gasteiger charge is 2.26. The zero-order chi connectivity index (χ0) is 21.4. The lowest BCUT2D eigenvalue weighted by molar-refractivity contribution is 0.102. The Hall–Kier alpha value is -3.78. The number of nitrogens with one attached hydrogen (secondary N) is 2. The van der Waals surface area contributed by atoms with E-state index in [2.05, 4.69) is 20.7 Å². The number of halogens is 1. The van der Waals surface area contributed by atoms with Crippen molar-refractivity contribution < 1.29 is 9.18 Å². The fraction of sp³-hybridized carbons (Fsp3) is 0.0870. The number of hydrogen-bond acceptors (Lipinski definition) is 5. The first-order valence-electron chi connectivity index (χ1n) is 9.69. The van der Waals surface area contributed by atoms with E-state index < -0.39 is 0 Å². The summed E-state index contributed by atoms with van der Waals surface area (Å²) in [5, 5.41) is 12.4. The predicted octanol–water partition coefficient (Wildman–Crippen LogP) is 5.10. The minimum atomic E-state index is -0.312. The van der Waals surface area contributed by atoms with E-state index in [4.69, 9.17) is 0 Å². The number of allylic oxidation sites excluding steroid dienone is 1. The zero-order valence-electron chi connectivity index (χ0n) is 16.5. The van der Waals surface area contributed by atoms with E-state index in [-0.39, 0.29) is 23.7 Å². The average Bonchev–Trinajstić information content (AvgIpc) is 3.44.